The van der Waals surface area contributed by atoms with Crippen LogP contribution in [0.4, 0.5) is 5.82 Å². The largest absolute Gasteiger partial charge is 0.382 e. The Morgan fingerprint density at radius 3 is 2.39 bits per heavy atom. The number of nitrogens with two attached hydrogens (primary N) is 1. The van der Waals surface area contributed by atoms with Gasteiger partial charge in [0.05, 0.1) is 19.4 Å². The van der Waals surface area contributed by atoms with Crippen molar-refractivity contribution in [3.05, 3.63) is 80.6 Å². The first-order valence-corrected chi connectivity index (χ1v) is 9.31. The summed E-state index contributed by atoms with van der Waals surface area (Å²) in [4.78, 5) is 37.9. The molecule has 4 rings (SSSR count). The van der Waals surface area contributed by atoms with Gasteiger partial charge in [-0.2, -0.15) is 0 Å². The van der Waals surface area contributed by atoms with Crippen LogP contribution in [0.2, 0.25) is 0 Å². The fourth-order valence-corrected chi connectivity index (χ4v) is 2.89. The van der Waals surface area contributed by atoms with Crippen molar-refractivity contribution in [2.75, 3.05) is 5.73 Å². The standard InChI is InChI=1S/C22H17N7O2/c1-15-12-28(22(31)27-21(15)30)10-4-8-16-6-2-3-7-17(16)9-5-11-29-14-26-18-19(23)24-13-25-20(18)29/h2-3,6-7,12-14H,10-11H2,1H3,(H2,23,24,25)(H,27,30,31). The van der Waals surface area contributed by atoms with E-state index in [0.717, 1.165) is 11.1 Å². The van der Waals surface area contributed by atoms with E-state index in [1.165, 1.54) is 17.1 Å². The lowest BCUT2D eigenvalue weighted by atomic mass is 10.1. The van der Waals surface area contributed by atoms with Crippen LogP contribution in [0.5, 0.6) is 0 Å². The van der Waals surface area contributed by atoms with Crippen molar-refractivity contribution >= 4 is 17.0 Å². The van der Waals surface area contributed by atoms with Gasteiger partial charge in [-0.15, -0.1) is 0 Å². The number of nitrogens with zero attached hydrogens (tertiary/aromatic N) is 5. The molecule has 9 nitrogen and oxygen atoms in total. The van der Waals surface area contributed by atoms with Gasteiger partial charge in [-0.1, -0.05) is 35.8 Å². The molecule has 3 heterocycles. The highest BCUT2D eigenvalue weighted by Crippen LogP contribution is 2.13. The van der Waals surface area contributed by atoms with Crippen molar-refractivity contribution in [2.45, 2.75) is 20.0 Å². The fraction of sp³-hybridized carbons (Fsp3) is 0.136. The van der Waals surface area contributed by atoms with E-state index < -0.39 is 11.2 Å². The summed E-state index contributed by atoms with van der Waals surface area (Å²) in [5.74, 6) is 12.5. The summed E-state index contributed by atoms with van der Waals surface area (Å²) in [5, 5.41) is 0. The Hall–Kier alpha value is -4.63. The molecule has 0 aliphatic heterocycles. The van der Waals surface area contributed by atoms with E-state index in [-0.39, 0.29) is 6.54 Å². The van der Waals surface area contributed by atoms with Crippen LogP contribution in [0, 0.1) is 30.6 Å². The Kier molecular flexibility index (Phi) is 5.33. The molecule has 3 N–H and O–H groups in total. The van der Waals surface area contributed by atoms with Gasteiger partial charge in [0.15, 0.2) is 11.5 Å². The maximum atomic E-state index is 11.9. The molecule has 0 aliphatic rings. The molecule has 0 radical (unpaired) electrons. The minimum Gasteiger partial charge on any atom is -0.382 e. The van der Waals surface area contributed by atoms with E-state index in [1.807, 2.05) is 24.3 Å². The first kappa shape index (κ1) is 19.7. The molecular weight excluding hydrogens is 394 g/mol. The summed E-state index contributed by atoms with van der Waals surface area (Å²) in [5.41, 5.74) is 8.04. The van der Waals surface area contributed by atoms with Crippen LogP contribution in [0.25, 0.3) is 11.2 Å². The van der Waals surface area contributed by atoms with Crippen LogP contribution in [0.1, 0.15) is 16.7 Å². The molecule has 0 amide bonds. The molecule has 0 aliphatic carbocycles. The summed E-state index contributed by atoms with van der Waals surface area (Å²) in [6, 6.07) is 7.48. The zero-order chi connectivity index (χ0) is 21.8. The summed E-state index contributed by atoms with van der Waals surface area (Å²) < 4.78 is 3.15. The van der Waals surface area contributed by atoms with Crippen LogP contribution < -0.4 is 17.0 Å². The Balaban J connectivity index is 1.55. The van der Waals surface area contributed by atoms with Gasteiger partial charge in [0.1, 0.15) is 11.8 Å². The second kappa shape index (κ2) is 8.39. The lowest BCUT2D eigenvalue weighted by molar-refractivity contribution is 0.741. The highest BCUT2D eigenvalue weighted by atomic mass is 16.2. The third kappa shape index (κ3) is 4.21. The zero-order valence-corrected chi connectivity index (χ0v) is 16.6. The number of aromatic amines is 1. The molecule has 0 saturated heterocycles. The van der Waals surface area contributed by atoms with Crippen LogP contribution in [0.3, 0.4) is 0 Å². The molecule has 0 saturated carbocycles. The van der Waals surface area contributed by atoms with E-state index in [1.54, 1.807) is 17.8 Å². The molecule has 0 fully saturated rings. The van der Waals surface area contributed by atoms with E-state index in [4.69, 9.17) is 5.73 Å². The molecule has 1 aromatic carbocycles. The number of nitrogens with one attached hydrogen (secondary N) is 1. The Bertz CT molecular complexity index is 1520. The number of aryl methyl sites for hydroxylation is 1. The molecule has 9 heteroatoms. The summed E-state index contributed by atoms with van der Waals surface area (Å²) in [6.07, 6.45) is 4.51. The molecule has 0 unspecified atom stereocenters. The number of H-pyrrole nitrogens is 1. The van der Waals surface area contributed by atoms with Gasteiger partial charge in [0.25, 0.3) is 5.56 Å². The van der Waals surface area contributed by atoms with Gasteiger partial charge in [-0.25, -0.2) is 19.7 Å². The molecule has 4 aromatic rings. The average molecular weight is 411 g/mol. The normalized spacial score (nSPS) is 10.2. The van der Waals surface area contributed by atoms with Crippen molar-refractivity contribution in [1.82, 2.24) is 29.1 Å². The van der Waals surface area contributed by atoms with Crippen molar-refractivity contribution in [3.8, 4) is 23.7 Å². The summed E-state index contributed by atoms with van der Waals surface area (Å²) >= 11 is 0. The minimum absolute atomic E-state index is 0.153. The third-order valence-corrected chi connectivity index (χ3v) is 4.49. The van der Waals surface area contributed by atoms with Crippen molar-refractivity contribution in [1.29, 1.82) is 0 Å². The Morgan fingerprint density at radius 1 is 1.00 bits per heavy atom. The number of imidazole rings is 1. The smallest absolute Gasteiger partial charge is 0.329 e. The number of hydrogen-bond donors (Lipinski definition) is 2. The second-order valence-corrected chi connectivity index (χ2v) is 6.65. The Morgan fingerprint density at radius 2 is 1.68 bits per heavy atom. The van der Waals surface area contributed by atoms with Crippen LogP contribution in [-0.4, -0.2) is 29.1 Å². The lowest BCUT2D eigenvalue weighted by Gasteiger charge is -2.00. The number of rotatable bonds is 2. The van der Waals surface area contributed by atoms with Gasteiger partial charge >= 0.3 is 5.69 Å². The molecule has 31 heavy (non-hydrogen) atoms. The quantitative estimate of drug-likeness (QED) is 0.467. The highest BCUT2D eigenvalue weighted by molar-refractivity contribution is 5.81. The van der Waals surface area contributed by atoms with Crippen LogP contribution in [0.15, 0.2) is 52.7 Å². The molecular formula is C22H17N7O2. The first-order valence-electron chi connectivity index (χ1n) is 9.31. The third-order valence-electron chi connectivity index (χ3n) is 4.49. The minimum atomic E-state index is -0.491. The van der Waals surface area contributed by atoms with E-state index in [2.05, 4.69) is 43.6 Å². The molecule has 0 bridgehead atoms. The monoisotopic (exact) mass is 411 g/mol. The number of aromatic nitrogens is 6. The first-order chi connectivity index (χ1) is 15.0. The number of fused-ring (bicyclic) bond motifs is 1. The number of hydrogen-bond acceptors (Lipinski definition) is 6. The van der Waals surface area contributed by atoms with Gasteiger partial charge in [-0.05, 0) is 19.1 Å². The zero-order valence-electron chi connectivity index (χ0n) is 16.6. The predicted molar refractivity (Wildman–Crippen MR) is 116 cm³/mol. The van der Waals surface area contributed by atoms with Gasteiger partial charge in [0.2, 0.25) is 0 Å². The predicted octanol–water partition coefficient (Wildman–Crippen LogP) is 0.670. The van der Waals surface area contributed by atoms with Gasteiger partial charge in [-0.3, -0.25) is 14.3 Å². The average Bonchev–Trinajstić information content (AvgIpc) is 3.17. The van der Waals surface area contributed by atoms with E-state index >= 15 is 0 Å². The molecule has 0 spiro atoms. The summed E-state index contributed by atoms with van der Waals surface area (Å²) in [6.45, 7) is 2.16. The lowest BCUT2D eigenvalue weighted by Crippen LogP contribution is -2.30. The Labute approximate surface area is 176 Å². The molecule has 152 valence electrons. The molecule has 3 aromatic heterocycles. The highest BCUT2D eigenvalue weighted by Gasteiger charge is 2.06. The van der Waals surface area contributed by atoms with Crippen LogP contribution >= 0.6 is 0 Å². The van der Waals surface area contributed by atoms with Crippen molar-refractivity contribution < 1.29 is 0 Å². The maximum Gasteiger partial charge on any atom is 0.329 e. The molecule has 0 atom stereocenters. The fourth-order valence-electron chi connectivity index (χ4n) is 2.89. The van der Waals surface area contributed by atoms with Gasteiger partial charge in [0, 0.05) is 22.9 Å². The SMILES string of the molecule is Cc1cn(CC#Cc2ccccc2C#CCn2cnc3c(N)ncnc32)c(=O)[nH]c1=O. The maximum absolute atomic E-state index is 11.9. The number of anilines is 1. The summed E-state index contributed by atoms with van der Waals surface area (Å²) in [7, 11) is 0. The number of nitrogen functional groups attached to an aromatic ring is 1. The number of benzene rings is 1. The van der Waals surface area contributed by atoms with Crippen molar-refractivity contribution in [3.63, 3.8) is 0 Å². The topological polar surface area (TPSA) is 124 Å². The van der Waals surface area contributed by atoms with E-state index in [0.29, 0.717) is 29.1 Å². The van der Waals surface area contributed by atoms with E-state index in [9.17, 15) is 9.59 Å². The van der Waals surface area contributed by atoms with Crippen LogP contribution in [-0.2, 0) is 13.1 Å². The van der Waals surface area contributed by atoms with Gasteiger partial charge < -0.3 is 10.3 Å². The second-order valence-electron chi connectivity index (χ2n) is 6.65. The van der Waals surface area contributed by atoms with Crippen molar-refractivity contribution in [2.24, 2.45) is 0 Å².